The Morgan fingerprint density at radius 3 is 2.76 bits per heavy atom. The van der Waals surface area contributed by atoms with Crippen LogP contribution in [0.3, 0.4) is 0 Å². The normalized spacial score (nSPS) is 19.2. The minimum absolute atomic E-state index is 0.00784. The number of hydrogen-bond acceptors (Lipinski definition) is 3. The van der Waals surface area contributed by atoms with Gasteiger partial charge in [0, 0.05) is 29.6 Å². The molecule has 128 valence electrons. The number of carbonyl (C=O) groups is 2. The van der Waals surface area contributed by atoms with Crippen LogP contribution in [-0.4, -0.2) is 23.9 Å². The molecule has 25 heavy (non-hydrogen) atoms. The Morgan fingerprint density at radius 1 is 1.16 bits per heavy atom. The molecule has 3 N–H and O–H groups in total. The number of rotatable bonds is 3. The van der Waals surface area contributed by atoms with Crippen LogP contribution in [0.15, 0.2) is 42.5 Å². The molecule has 1 atom stereocenters. The lowest BCUT2D eigenvalue weighted by Crippen LogP contribution is -2.25. The summed E-state index contributed by atoms with van der Waals surface area (Å²) in [6, 6.07) is 13.8. The van der Waals surface area contributed by atoms with Gasteiger partial charge in [-0.3, -0.25) is 9.59 Å². The Morgan fingerprint density at radius 2 is 1.96 bits per heavy atom. The molecule has 0 radical (unpaired) electrons. The number of hydrogen-bond donors (Lipinski definition) is 3. The van der Waals surface area contributed by atoms with Gasteiger partial charge in [-0.2, -0.15) is 0 Å². The molecule has 0 bridgehead atoms. The van der Waals surface area contributed by atoms with E-state index in [4.69, 9.17) is 0 Å². The van der Waals surface area contributed by atoms with Gasteiger partial charge in [0.25, 0.3) is 5.91 Å². The van der Waals surface area contributed by atoms with E-state index < -0.39 is 0 Å². The van der Waals surface area contributed by atoms with Crippen molar-refractivity contribution in [2.45, 2.75) is 38.3 Å². The summed E-state index contributed by atoms with van der Waals surface area (Å²) in [5, 5.41) is 9.40. The number of anilines is 2. The van der Waals surface area contributed by atoms with Crippen LogP contribution in [-0.2, 0) is 4.79 Å². The second kappa shape index (κ2) is 6.24. The van der Waals surface area contributed by atoms with Crippen molar-refractivity contribution >= 4 is 23.2 Å². The Bertz CT molecular complexity index is 843. The van der Waals surface area contributed by atoms with E-state index in [1.54, 1.807) is 0 Å². The van der Waals surface area contributed by atoms with Gasteiger partial charge < -0.3 is 16.0 Å². The van der Waals surface area contributed by atoms with Gasteiger partial charge in [-0.25, -0.2) is 0 Å². The van der Waals surface area contributed by atoms with Gasteiger partial charge in [-0.05, 0) is 43.5 Å². The zero-order valence-corrected chi connectivity index (χ0v) is 14.1. The quantitative estimate of drug-likeness (QED) is 0.805. The molecule has 2 aliphatic rings. The van der Waals surface area contributed by atoms with Gasteiger partial charge >= 0.3 is 0 Å². The number of fused-ring (bicyclic) bond motifs is 1. The number of benzene rings is 2. The van der Waals surface area contributed by atoms with Crippen molar-refractivity contribution in [1.82, 2.24) is 5.32 Å². The molecular weight excluding hydrogens is 314 g/mol. The van der Waals surface area contributed by atoms with Crippen LogP contribution >= 0.6 is 0 Å². The first-order valence-electron chi connectivity index (χ1n) is 8.71. The molecule has 2 aromatic rings. The van der Waals surface area contributed by atoms with Gasteiger partial charge in [0.15, 0.2) is 0 Å². The van der Waals surface area contributed by atoms with E-state index in [2.05, 4.69) is 16.0 Å². The van der Waals surface area contributed by atoms with Gasteiger partial charge in [-0.1, -0.05) is 24.3 Å². The summed E-state index contributed by atoms with van der Waals surface area (Å²) >= 11 is 0. The summed E-state index contributed by atoms with van der Waals surface area (Å²) in [5.74, 6) is -0.0190. The summed E-state index contributed by atoms with van der Waals surface area (Å²) in [4.78, 5) is 24.3. The summed E-state index contributed by atoms with van der Waals surface area (Å²) < 4.78 is 0. The lowest BCUT2D eigenvalue weighted by Gasteiger charge is -2.17. The predicted octanol–water partition coefficient (Wildman–Crippen LogP) is 3.39. The molecule has 1 heterocycles. The third kappa shape index (κ3) is 3.36. The lowest BCUT2D eigenvalue weighted by molar-refractivity contribution is -0.116. The zero-order valence-electron chi connectivity index (χ0n) is 14.1. The highest BCUT2D eigenvalue weighted by Gasteiger charge is 2.24. The average molecular weight is 335 g/mol. The third-order valence-corrected chi connectivity index (χ3v) is 4.57. The molecule has 0 spiro atoms. The van der Waals surface area contributed by atoms with E-state index >= 15 is 0 Å². The van der Waals surface area contributed by atoms with E-state index in [0.717, 1.165) is 35.3 Å². The molecule has 1 fully saturated rings. The van der Waals surface area contributed by atoms with Gasteiger partial charge in [0.05, 0.1) is 11.4 Å². The molecule has 2 aromatic carbocycles. The van der Waals surface area contributed by atoms with Crippen molar-refractivity contribution in [1.29, 1.82) is 0 Å². The molecule has 2 amide bonds. The van der Waals surface area contributed by atoms with Crippen molar-refractivity contribution in [3.05, 3.63) is 48.0 Å². The second-order valence-corrected chi connectivity index (χ2v) is 6.85. The van der Waals surface area contributed by atoms with Gasteiger partial charge in [0.1, 0.15) is 0 Å². The first-order chi connectivity index (χ1) is 12.1. The predicted molar refractivity (Wildman–Crippen MR) is 98.7 cm³/mol. The fourth-order valence-corrected chi connectivity index (χ4v) is 3.15. The van der Waals surface area contributed by atoms with E-state index in [0.29, 0.717) is 18.0 Å². The van der Waals surface area contributed by atoms with Crippen LogP contribution in [0.4, 0.5) is 11.4 Å². The van der Waals surface area contributed by atoms with Crippen LogP contribution in [0.25, 0.3) is 11.1 Å². The molecule has 1 unspecified atom stereocenters. The number of nitrogens with one attached hydrogen (secondary N) is 3. The number of carbonyl (C=O) groups excluding carboxylic acids is 2. The maximum absolute atomic E-state index is 12.3. The maximum atomic E-state index is 12.3. The molecule has 1 aliphatic heterocycles. The monoisotopic (exact) mass is 335 g/mol. The Hall–Kier alpha value is -2.82. The van der Waals surface area contributed by atoms with Crippen LogP contribution in [0.2, 0.25) is 0 Å². The van der Waals surface area contributed by atoms with E-state index in [1.165, 1.54) is 0 Å². The van der Waals surface area contributed by atoms with E-state index in [1.807, 2.05) is 49.4 Å². The number of amides is 2. The van der Waals surface area contributed by atoms with E-state index in [9.17, 15) is 9.59 Å². The molecule has 0 aromatic heterocycles. The fourth-order valence-electron chi connectivity index (χ4n) is 3.15. The SMILES string of the molecule is CC1CC(=O)Nc2cccc(-c3cccc(C(=O)NC4CC4)c3)c2N1. The molecule has 4 rings (SSSR count). The highest BCUT2D eigenvalue weighted by molar-refractivity contribution is 6.01. The molecule has 1 saturated carbocycles. The van der Waals surface area contributed by atoms with Gasteiger partial charge in [-0.15, -0.1) is 0 Å². The largest absolute Gasteiger partial charge is 0.380 e. The fraction of sp³-hybridized carbons (Fsp3) is 0.300. The highest BCUT2D eigenvalue weighted by Crippen LogP contribution is 2.37. The van der Waals surface area contributed by atoms with Crippen molar-refractivity contribution in [2.75, 3.05) is 10.6 Å². The smallest absolute Gasteiger partial charge is 0.251 e. The Balaban J connectivity index is 1.71. The van der Waals surface area contributed by atoms with E-state index in [-0.39, 0.29) is 17.9 Å². The lowest BCUT2D eigenvalue weighted by atomic mass is 9.99. The van der Waals surface area contributed by atoms with Crippen LogP contribution in [0.5, 0.6) is 0 Å². The number of para-hydroxylation sites is 1. The topological polar surface area (TPSA) is 70.2 Å². The molecule has 0 saturated heterocycles. The minimum Gasteiger partial charge on any atom is -0.380 e. The summed E-state index contributed by atoms with van der Waals surface area (Å²) in [5.41, 5.74) is 4.27. The second-order valence-electron chi connectivity index (χ2n) is 6.85. The summed E-state index contributed by atoms with van der Waals surface area (Å²) in [6.45, 7) is 1.99. The molecule has 5 heteroatoms. The summed E-state index contributed by atoms with van der Waals surface area (Å²) in [6.07, 6.45) is 2.57. The molecule has 1 aliphatic carbocycles. The standard InChI is InChI=1S/C20H21N3O2/c1-12-10-18(24)23-17-7-3-6-16(19(17)21-12)13-4-2-5-14(11-13)20(25)22-15-8-9-15/h2-7,11-12,15,21H,8-10H2,1H3,(H,22,25)(H,23,24). The summed E-state index contributed by atoms with van der Waals surface area (Å²) in [7, 11) is 0. The third-order valence-electron chi connectivity index (χ3n) is 4.57. The Kier molecular flexibility index (Phi) is 3.92. The first-order valence-corrected chi connectivity index (χ1v) is 8.71. The molecule has 5 nitrogen and oxygen atoms in total. The Labute approximate surface area is 146 Å². The average Bonchev–Trinajstić information content (AvgIpc) is 3.41. The minimum atomic E-state index is -0.0269. The molecular formula is C20H21N3O2. The van der Waals surface area contributed by atoms with Crippen LogP contribution in [0.1, 0.15) is 36.5 Å². The first kappa shape index (κ1) is 15.7. The zero-order chi connectivity index (χ0) is 17.4. The van der Waals surface area contributed by atoms with Gasteiger partial charge in [0.2, 0.25) is 5.91 Å². The maximum Gasteiger partial charge on any atom is 0.251 e. The van der Waals surface area contributed by atoms with Crippen molar-refractivity contribution in [2.24, 2.45) is 0 Å². The van der Waals surface area contributed by atoms with Crippen LogP contribution in [0, 0.1) is 0 Å². The van der Waals surface area contributed by atoms with Crippen LogP contribution < -0.4 is 16.0 Å². The van der Waals surface area contributed by atoms with Crippen molar-refractivity contribution in [3.63, 3.8) is 0 Å². The van der Waals surface area contributed by atoms with Crippen molar-refractivity contribution < 1.29 is 9.59 Å². The van der Waals surface area contributed by atoms with Crippen molar-refractivity contribution in [3.8, 4) is 11.1 Å². The highest BCUT2D eigenvalue weighted by atomic mass is 16.2.